The number of carboxylic acids is 1. The molecule has 5 heteroatoms. The summed E-state index contributed by atoms with van der Waals surface area (Å²) >= 11 is 0. The third-order valence-electron chi connectivity index (χ3n) is 8.74. The summed E-state index contributed by atoms with van der Waals surface area (Å²) in [6, 6.07) is 0. The van der Waals surface area contributed by atoms with Crippen molar-refractivity contribution >= 4 is 11.8 Å². The lowest BCUT2D eigenvalue weighted by Crippen LogP contribution is -2.61. The van der Waals surface area contributed by atoms with Crippen molar-refractivity contribution in [2.75, 3.05) is 0 Å². The van der Waals surface area contributed by atoms with E-state index in [0.29, 0.717) is 12.8 Å². The number of aliphatic hydroxyl groups excluding tert-OH is 1. The first-order valence-electron chi connectivity index (χ1n) is 10.1. The summed E-state index contributed by atoms with van der Waals surface area (Å²) in [6.07, 6.45) is 7.67. The summed E-state index contributed by atoms with van der Waals surface area (Å²) in [7, 11) is 0. The molecule has 3 fully saturated rings. The molecule has 0 spiro atoms. The molecule has 27 heavy (non-hydrogen) atoms. The highest BCUT2D eigenvalue weighted by Gasteiger charge is 2.69. The van der Waals surface area contributed by atoms with Crippen LogP contribution in [0.2, 0.25) is 0 Å². The molecule has 1 unspecified atom stereocenters. The molecule has 0 saturated heterocycles. The van der Waals surface area contributed by atoms with Gasteiger partial charge in [-0.3, -0.25) is 4.79 Å². The molecule has 0 aromatic heterocycles. The van der Waals surface area contributed by atoms with Gasteiger partial charge in [-0.15, -0.1) is 0 Å². The van der Waals surface area contributed by atoms with Crippen LogP contribution < -0.4 is 0 Å². The molecule has 4 aliphatic carbocycles. The van der Waals surface area contributed by atoms with E-state index in [-0.39, 0.29) is 29.0 Å². The number of ketones is 1. The molecule has 5 nitrogen and oxygen atoms in total. The van der Waals surface area contributed by atoms with Gasteiger partial charge >= 0.3 is 5.97 Å². The first-order chi connectivity index (χ1) is 12.5. The number of aliphatic hydroxyl groups is 2. The predicted molar refractivity (Wildman–Crippen MR) is 99.8 cm³/mol. The molecule has 148 valence electrons. The van der Waals surface area contributed by atoms with Crippen molar-refractivity contribution in [2.45, 2.75) is 64.6 Å². The van der Waals surface area contributed by atoms with E-state index in [9.17, 15) is 24.9 Å². The molecule has 0 aromatic rings. The van der Waals surface area contributed by atoms with Gasteiger partial charge in [0.2, 0.25) is 0 Å². The van der Waals surface area contributed by atoms with Crippen LogP contribution >= 0.6 is 0 Å². The zero-order valence-electron chi connectivity index (χ0n) is 16.3. The monoisotopic (exact) mass is 374 g/mol. The Balaban J connectivity index is 1.74. The zero-order valence-corrected chi connectivity index (χ0v) is 16.3. The highest BCUT2D eigenvalue weighted by atomic mass is 16.4. The fourth-order valence-electron chi connectivity index (χ4n) is 7.44. The predicted octanol–water partition coefficient (Wildman–Crippen LogP) is 2.72. The Labute approximate surface area is 160 Å². The lowest BCUT2D eigenvalue weighted by atomic mass is 9.46. The maximum atomic E-state index is 12.0. The largest absolute Gasteiger partial charge is 0.479 e. The van der Waals surface area contributed by atoms with Gasteiger partial charge in [-0.1, -0.05) is 32.4 Å². The van der Waals surface area contributed by atoms with E-state index in [1.54, 1.807) is 12.2 Å². The Kier molecular flexibility index (Phi) is 4.04. The van der Waals surface area contributed by atoms with E-state index in [4.69, 9.17) is 0 Å². The molecular formula is C22H30O5. The van der Waals surface area contributed by atoms with Gasteiger partial charge < -0.3 is 15.3 Å². The van der Waals surface area contributed by atoms with E-state index in [2.05, 4.69) is 6.92 Å². The molecule has 0 heterocycles. The van der Waals surface area contributed by atoms with E-state index >= 15 is 0 Å². The van der Waals surface area contributed by atoms with Crippen LogP contribution in [0.25, 0.3) is 0 Å². The summed E-state index contributed by atoms with van der Waals surface area (Å²) in [5.41, 5.74) is -0.658. The summed E-state index contributed by atoms with van der Waals surface area (Å²) in [6.45, 7) is 6.12. The molecule has 0 aromatic carbocycles. The minimum absolute atomic E-state index is 0.0411. The van der Waals surface area contributed by atoms with Crippen molar-refractivity contribution in [1.82, 2.24) is 0 Å². The molecule has 3 N–H and O–H groups in total. The minimum Gasteiger partial charge on any atom is -0.479 e. The molecule has 3 saturated carbocycles. The number of carboxylic acid groups (broad SMARTS) is 1. The van der Waals surface area contributed by atoms with E-state index in [1.165, 1.54) is 0 Å². The fraction of sp³-hybridized carbons (Fsp3) is 0.727. The Morgan fingerprint density at radius 3 is 2.63 bits per heavy atom. The van der Waals surface area contributed by atoms with Gasteiger partial charge in [-0.05, 0) is 62.0 Å². The molecule has 0 radical (unpaired) electrons. The second-order valence-electron chi connectivity index (χ2n) is 9.81. The second kappa shape index (κ2) is 5.77. The zero-order chi connectivity index (χ0) is 19.8. The van der Waals surface area contributed by atoms with Crippen molar-refractivity contribution in [3.63, 3.8) is 0 Å². The maximum Gasteiger partial charge on any atom is 0.332 e. The Morgan fingerprint density at radius 2 is 1.96 bits per heavy atom. The quantitative estimate of drug-likeness (QED) is 0.691. The third-order valence-corrected chi connectivity index (χ3v) is 8.74. The van der Waals surface area contributed by atoms with Gasteiger partial charge in [0.15, 0.2) is 11.9 Å². The van der Waals surface area contributed by atoms with Crippen LogP contribution in [0.1, 0.15) is 52.9 Å². The first-order valence-corrected chi connectivity index (χ1v) is 10.1. The summed E-state index contributed by atoms with van der Waals surface area (Å²) in [5.74, 6) is -1.39. The van der Waals surface area contributed by atoms with E-state index in [0.717, 1.165) is 24.8 Å². The molecule has 4 aliphatic rings. The number of carbonyl (C=O) groups is 2. The summed E-state index contributed by atoms with van der Waals surface area (Å²) in [4.78, 5) is 23.4. The van der Waals surface area contributed by atoms with Gasteiger partial charge in [0.05, 0.1) is 5.60 Å². The average Bonchev–Trinajstić information content (AvgIpc) is 2.80. The number of hydrogen-bond donors (Lipinski definition) is 3. The SMILES string of the molecule is C[C@@H]1CC2(O)[C@@H]3CCC4=CC(=O)C=C[C@]4(C)[C@H]3CC[C@]2(C)[C@H]1[C@@H](O)C(=O)O. The topological polar surface area (TPSA) is 94.8 Å². The molecule has 4 rings (SSSR count). The highest BCUT2D eigenvalue weighted by molar-refractivity contribution is 6.01. The second-order valence-corrected chi connectivity index (χ2v) is 9.81. The molecule has 0 aliphatic heterocycles. The number of fused-ring (bicyclic) bond motifs is 5. The summed E-state index contributed by atoms with van der Waals surface area (Å²) in [5, 5.41) is 31.8. The Hall–Kier alpha value is -1.46. The van der Waals surface area contributed by atoms with Crippen LogP contribution in [0, 0.1) is 34.5 Å². The van der Waals surface area contributed by atoms with Crippen LogP contribution in [0.4, 0.5) is 0 Å². The lowest BCUT2D eigenvalue weighted by molar-refractivity contribution is -0.191. The van der Waals surface area contributed by atoms with Crippen LogP contribution in [0.15, 0.2) is 23.8 Å². The van der Waals surface area contributed by atoms with Crippen molar-refractivity contribution < 1.29 is 24.9 Å². The normalized spacial score (nSPS) is 49.7. The smallest absolute Gasteiger partial charge is 0.332 e. The van der Waals surface area contributed by atoms with Crippen LogP contribution in [-0.4, -0.2) is 38.8 Å². The van der Waals surface area contributed by atoms with Crippen molar-refractivity contribution in [1.29, 1.82) is 0 Å². The van der Waals surface area contributed by atoms with Gasteiger partial charge in [0, 0.05) is 16.7 Å². The van der Waals surface area contributed by atoms with Crippen LogP contribution in [-0.2, 0) is 9.59 Å². The standard InChI is InChI=1S/C22H30O5/c1-12-11-22(27)16-5-4-13-10-14(23)6-8-20(13,2)15(16)7-9-21(22,3)17(12)18(24)19(25)26/h6,8,10,12,15-18,24,27H,4-5,7,9,11H2,1-3H3,(H,25,26)/t12-,15+,16-,17-,18-,20+,21-,22?/m1/s1. The Morgan fingerprint density at radius 1 is 1.26 bits per heavy atom. The fourth-order valence-corrected chi connectivity index (χ4v) is 7.44. The van der Waals surface area contributed by atoms with Gasteiger partial charge in [-0.25, -0.2) is 4.79 Å². The van der Waals surface area contributed by atoms with Crippen molar-refractivity contribution in [3.8, 4) is 0 Å². The Bertz CT molecular complexity index is 754. The number of aliphatic carboxylic acids is 1. The highest BCUT2D eigenvalue weighted by Crippen LogP contribution is 2.69. The van der Waals surface area contributed by atoms with Crippen LogP contribution in [0.5, 0.6) is 0 Å². The van der Waals surface area contributed by atoms with Gasteiger partial charge in [0.25, 0.3) is 0 Å². The van der Waals surface area contributed by atoms with Gasteiger partial charge in [-0.2, -0.15) is 0 Å². The van der Waals surface area contributed by atoms with Crippen molar-refractivity contribution in [2.24, 2.45) is 34.5 Å². The van der Waals surface area contributed by atoms with Gasteiger partial charge in [0.1, 0.15) is 0 Å². The number of rotatable bonds is 2. The van der Waals surface area contributed by atoms with Crippen molar-refractivity contribution in [3.05, 3.63) is 23.8 Å². The lowest BCUT2D eigenvalue weighted by Gasteiger charge is -2.60. The maximum absolute atomic E-state index is 12.0. The number of carbonyl (C=O) groups excluding carboxylic acids is 1. The van der Waals surface area contributed by atoms with Crippen LogP contribution in [0.3, 0.4) is 0 Å². The number of hydrogen-bond acceptors (Lipinski definition) is 4. The van der Waals surface area contributed by atoms with E-state index in [1.807, 2.05) is 19.9 Å². The minimum atomic E-state index is -1.45. The first kappa shape index (κ1) is 18.9. The molecular weight excluding hydrogens is 344 g/mol. The van der Waals surface area contributed by atoms with E-state index < -0.39 is 29.0 Å². The molecule has 0 bridgehead atoms. The third kappa shape index (κ3) is 2.31. The molecule has 8 atom stereocenters. The summed E-state index contributed by atoms with van der Waals surface area (Å²) < 4.78 is 0. The molecule has 0 amide bonds. The number of allylic oxidation sites excluding steroid dienone is 4. The average molecular weight is 374 g/mol.